The molecule has 20 nitrogen and oxygen atoms in total. The van der Waals surface area contributed by atoms with Crippen LogP contribution in [-0.4, -0.2) is 93.6 Å². The summed E-state index contributed by atoms with van der Waals surface area (Å²) in [5.41, 5.74) is 24.1. The van der Waals surface area contributed by atoms with Gasteiger partial charge in [0.15, 0.2) is 0 Å². The van der Waals surface area contributed by atoms with Gasteiger partial charge in [0.25, 0.3) is 0 Å². The normalized spacial score (nSPS) is 30.6. The van der Waals surface area contributed by atoms with Crippen LogP contribution in [0.1, 0.15) is 91.2 Å². The van der Waals surface area contributed by atoms with E-state index in [-0.39, 0.29) is 117 Å². The Labute approximate surface area is 428 Å². The quantitative estimate of drug-likeness (QED) is 0.0713. The van der Waals surface area contributed by atoms with Gasteiger partial charge in [-0.15, -0.1) is 10.0 Å². The van der Waals surface area contributed by atoms with Crippen molar-refractivity contribution in [3.8, 4) is 0 Å². The van der Waals surface area contributed by atoms with Crippen LogP contribution < -0.4 is 40.2 Å². The number of para-hydroxylation sites is 2. The van der Waals surface area contributed by atoms with E-state index < -0.39 is 10.8 Å². The third-order valence-electron chi connectivity index (χ3n) is 14.7. The van der Waals surface area contributed by atoms with E-state index in [1.54, 1.807) is 5.01 Å². The number of halogens is 1. The van der Waals surface area contributed by atoms with E-state index in [0.29, 0.717) is 55.4 Å². The predicted octanol–water partition coefficient (Wildman–Crippen LogP) is 5.08. The molecule has 68 heavy (non-hydrogen) atoms. The van der Waals surface area contributed by atoms with Crippen molar-refractivity contribution >= 4 is 51.4 Å². The van der Waals surface area contributed by atoms with Crippen molar-refractivity contribution in [2.45, 2.75) is 115 Å². The average molecular weight is 1010 g/mol. The van der Waals surface area contributed by atoms with Crippen LogP contribution in [0.3, 0.4) is 0 Å². The number of carbonyl (C=O) groups excluding carboxylic acids is 6. The minimum atomic E-state index is -0.942. The number of azide groups is 1. The van der Waals surface area contributed by atoms with Crippen molar-refractivity contribution in [2.24, 2.45) is 40.6 Å². The van der Waals surface area contributed by atoms with Gasteiger partial charge in [0, 0.05) is 28.2 Å². The van der Waals surface area contributed by atoms with Gasteiger partial charge in [-0.1, -0.05) is 86.1 Å². The van der Waals surface area contributed by atoms with Gasteiger partial charge in [0.2, 0.25) is 11.8 Å². The first-order valence-electron chi connectivity index (χ1n) is 21.3. The Morgan fingerprint density at radius 1 is 0.735 bits per heavy atom. The van der Waals surface area contributed by atoms with Gasteiger partial charge >= 0.3 is 41.9 Å². The maximum Gasteiger partial charge on any atom is 1.00 e. The molecule has 0 spiro atoms. The number of aliphatic hydroxyl groups excluding tert-OH is 2. The number of anilines is 2. The maximum absolute atomic E-state index is 13.4. The molecule has 0 aromatic heterocycles. The van der Waals surface area contributed by atoms with E-state index >= 15 is 0 Å². The summed E-state index contributed by atoms with van der Waals surface area (Å²) < 4.78 is 0. The molecule has 2 aromatic rings. The third kappa shape index (κ3) is 12.3. The zero-order chi connectivity index (χ0) is 47.9. The van der Waals surface area contributed by atoms with E-state index in [4.69, 9.17) is 48.9 Å². The molecule has 0 radical (unpaired) electrons. The van der Waals surface area contributed by atoms with Crippen LogP contribution in [-0.2, 0) is 39.6 Å². The first-order chi connectivity index (χ1) is 31.3. The van der Waals surface area contributed by atoms with E-state index in [1.165, 1.54) is 4.91 Å². The second-order valence-corrected chi connectivity index (χ2v) is 17.9. The van der Waals surface area contributed by atoms with Crippen molar-refractivity contribution in [1.29, 1.82) is 0 Å². The zero-order valence-corrected chi connectivity index (χ0v) is 40.7. The minimum absolute atomic E-state index is 0. The first kappa shape index (κ1) is 60.8. The van der Waals surface area contributed by atoms with Crippen LogP contribution in [0, 0.1) is 48.7 Å². The molecule has 22 heteroatoms. The molecule has 2 aromatic carbocycles. The van der Waals surface area contributed by atoms with Gasteiger partial charge in [0.1, 0.15) is 22.9 Å². The topological polar surface area (TPSA) is 290 Å². The number of alkyl halides is 1. The molecule has 4 heterocycles. The smallest absolute Gasteiger partial charge is 0.393 e. The SMILES string of the molecule is C.C.O=C=O.O=C=O.[C-]#[N+]N1C[C@@H]2CC[C@H](O)[C@H](C)[C@H]2C[C@H]1[C@@]1(CCBr)C(=O)Nc2ccccc21.[C-]#[N+]N1C[C@@H]2CC[C@H](O)[C@H](C)[C@H]2C[C@H]1[C@@]1(CCN=[N+]=[N-])C(=O)Nc2ccccc21.[N-]=[N+]=[N-].[Na+]. The Kier molecular flexibility index (Phi) is 25.3. The molecule has 2 saturated carbocycles. The van der Waals surface area contributed by atoms with E-state index in [1.807, 2.05) is 53.5 Å². The molecule has 4 fully saturated rings. The zero-order valence-electron chi connectivity index (χ0n) is 37.1. The molecule has 0 unspecified atom stereocenters. The fourth-order valence-electron chi connectivity index (χ4n) is 11.6. The van der Waals surface area contributed by atoms with Crippen LogP contribution in [0.15, 0.2) is 53.6 Å². The third-order valence-corrected chi connectivity index (χ3v) is 15.1. The molecule has 12 atom stereocenters. The molecule has 2 aliphatic carbocycles. The summed E-state index contributed by atoms with van der Waals surface area (Å²) in [5.74, 6) is 1.61. The Bertz CT molecular complexity index is 2230. The van der Waals surface area contributed by atoms with Gasteiger partial charge in [0.05, 0.1) is 25.3 Å². The number of nitrogens with one attached hydrogen (secondary N) is 2. The van der Waals surface area contributed by atoms with Crippen molar-refractivity contribution < 1.29 is 68.5 Å². The number of piperidine rings is 2. The fourth-order valence-corrected chi connectivity index (χ4v) is 12.3. The summed E-state index contributed by atoms with van der Waals surface area (Å²) in [7, 11) is 0. The molecule has 8 rings (SSSR count). The molecule has 360 valence electrons. The summed E-state index contributed by atoms with van der Waals surface area (Å²) in [6.07, 6.45) is 5.80. The van der Waals surface area contributed by atoms with Crippen molar-refractivity contribution in [3.63, 3.8) is 0 Å². The average Bonchev–Trinajstić information content (AvgIpc) is 3.76. The number of fused-ring (bicyclic) bond motifs is 4. The molecule has 2 amide bonds. The van der Waals surface area contributed by atoms with Crippen LogP contribution in [0.4, 0.5) is 11.4 Å². The van der Waals surface area contributed by atoms with Crippen LogP contribution >= 0.6 is 15.9 Å². The molecule has 6 aliphatic rings. The molecule has 4 aliphatic heterocycles. The fraction of sp³-hybridized carbons (Fsp3) is 0.609. The van der Waals surface area contributed by atoms with Crippen LogP contribution in [0.5, 0.6) is 0 Å². The second kappa shape index (κ2) is 28.3. The van der Waals surface area contributed by atoms with Gasteiger partial charge in [-0.3, -0.25) is 14.5 Å². The number of hydrogen-bond donors (Lipinski definition) is 4. The summed E-state index contributed by atoms with van der Waals surface area (Å²) in [6, 6.07) is 15.0. The van der Waals surface area contributed by atoms with Crippen molar-refractivity contribution in [3.05, 3.63) is 109 Å². The summed E-state index contributed by atoms with van der Waals surface area (Å²) in [4.78, 5) is 71.3. The van der Waals surface area contributed by atoms with Crippen LogP contribution in [0.25, 0.3) is 36.3 Å². The van der Waals surface area contributed by atoms with Gasteiger partial charge in [-0.25, -0.2) is 0 Å². The standard InChI is InChI=1S/C21H26BrN3O2.C21H26N6O2.2CO2.2CH4.N3.Na/c1-13-15-11-19(25(23-2)12-14(15)7-8-18(13)26)21(9-10-22)16-5-3-4-6-17(16)24-20(21)27;1-13-15-11-19(27(23-2)12-14(15)7-8-18(13)28)21(9-10-24-26-22)16-5-3-4-6-17(16)25-20(21)29;2*2-1-3;;;1-3-2;/h3-6,13-15,18-19,26H,7-12H2,1H3,(H,24,27);3-6,13-15,18-19,28H,7-12H2,1H3,(H,25,29);;;2*1H4;;/q;;;;;;-1;+1/t2*13-,14+,15-,18+,19+,21+;;;;;;/m11....../s1. The molecular formula is C46H60BrN12NaO8. The number of benzene rings is 2. The Balaban J connectivity index is 0.000000559. The Hall–Kier alpha value is -5.26. The van der Waals surface area contributed by atoms with Gasteiger partial charge in [-0.2, -0.15) is 42.2 Å². The first-order valence-corrected chi connectivity index (χ1v) is 22.4. The Morgan fingerprint density at radius 3 is 1.46 bits per heavy atom. The number of nitrogens with zero attached hydrogens (tertiary/aromatic N) is 10. The maximum atomic E-state index is 13.4. The summed E-state index contributed by atoms with van der Waals surface area (Å²) >= 11 is 3.56. The number of aliphatic hydroxyl groups is 2. The monoisotopic (exact) mass is 1010 g/mol. The van der Waals surface area contributed by atoms with E-state index in [9.17, 15) is 19.8 Å². The predicted molar refractivity (Wildman–Crippen MR) is 250 cm³/mol. The second-order valence-electron chi connectivity index (χ2n) is 17.1. The van der Waals surface area contributed by atoms with E-state index in [0.717, 1.165) is 54.6 Å². The Morgan fingerprint density at radius 2 is 1.10 bits per heavy atom. The van der Waals surface area contributed by atoms with E-state index in [2.05, 4.69) is 60.3 Å². The van der Waals surface area contributed by atoms with Crippen LogP contribution in [0.2, 0.25) is 0 Å². The molecule has 2 saturated heterocycles. The molecule has 0 bridgehead atoms. The minimum Gasteiger partial charge on any atom is -0.393 e. The number of hydrogen-bond acceptors (Lipinski definition) is 11. The number of amides is 2. The summed E-state index contributed by atoms with van der Waals surface area (Å²) in [5, 5.41) is 34.9. The summed E-state index contributed by atoms with van der Waals surface area (Å²) in [6.45, 7) is 21.3. The van der Waals surface area contributed by atoms with Crippen molar-refractivity contribution in [2.75, 3.05) is 35.6 Å². The molecule has 4 N–H and O–H groups in total. The van der Waals surface area contributed by atoms with Gasteiger partial charge < -0.3 is 31.9 Å². The van der Waals surface area contributed by atoms with Gasteiger partial charge in [-0.05, 0) is 116 Å². The molecular weight excluding hydrogens is 951 g/mol. The van der Waals surface area contributed by atoms with Crippen molar-refractivity contribution in [1.82, 2.24) is 10.0 Å². The number of rotatable bonds is 7. The number of carbonyl (C=O) groups is 2. The largest absolute Gasteiger partial charge is 1.00 e.